The fraction of sp³-hybridized carbons (Fsp3) is 0.484. The predicted molar refractivity (Wildman–Crippen MR) is 156 cm³/mol. The van der Waals surface area contributed by atoms with Crippen molar-refractivity contribution in [1.29, 1.82) is 0 Å². The molecule has 0 aliphatic heterocycles. The van der Waals surface area contributed by atoms with Crippen molar-refractivity contribution >= 4 is 34.5 Å². The van der Waals surface area contributed by atoms with Crippen molar-refractivity contribution in [1.82, 2.24) is 0 Å². The fourth-order valence-corrected chi connectivity index (χ4v) is 5.29. The van der Waals surface area contributed by atoms with Crippen molar-refractivity contribution < 1.29 is 31.1 Å². The van der Waals surface area contributed by atoms with E-state index in [0.717, 1.165) is 30.6 Å². The number of nitrogens with one attached hydrogen (secondary N) is 1. The Bertz CT molecular complexity index is 1060. The van der Waals surface area contributed by atoms with Crippen LogP contribution in [0.4, 0.5) is 5.69 Å². The van der Waals surface area contributed by atoms with Crippen molar-refractivity contribution in [3.8, 4) is 5.75 Å². The van der Waals surface area contributed by atoms with Crippen LogP contribution in [0.15, 0.2) is 59.6 Å². The number of carbonyl (C=O) groups is 1. The van der Waals surface area contributed by atoms with Crippen molar-refractivity contribution in [3.05, 3.63) is 75.7 Å². The molecule has 38 heavy (non-hydrogen) atoms. The zero-order valence-corrected chi connectivity index (χ0v) is 25.8. The molecule has 0 saturated heterocycles. The van der Waals surface area contributed by atoms with E-state index >= 15 is 0 Å². The van der Waals surface area contributed by atoms with Gasteiger partial charge in [0.15, 0.2) is 18.5 Å². The molecule has 0 radical (unpaired) electrons. The minimum Gasteiger partial charge on any atom is -1.00 e. The molecule has 2 aromatic carbocycles. The molecule has 1 heterocycles. The molecule has 0 aliphatic rings. The number of anilines is 1. The van der Waals surface area contributed by atoms with E-state index in [1.165, 1.54) is 64.2 Å². The Morgan fingerprint density at radius 3 is 2.24 bits per heavy atom. The Morgan fingerprint density at radius 1 is 0.921 bits per heavy atom. The molecule has 0 spiro atoms. The van der Waals surface area contributed by atoms with E-state index < -0.39 is 0 Å². The van der Waals surface area contributed by atoms with Gasteiger partial charge in [-0.05, 0) is 30.7 Å². The van der Waals surface area contributed by atoms with Gasteiger partial charge in [0.25, 0.3) is 5.91 Å². The minimum atomic E-state index is -0.215. The number of thiazole rings is 1. The lowest BCUT2D eigenvalue weighted by atomic mass is 10.1. The lowest BCUT2D eigenvalue weighted by Crippen LogP contribution is -3.00. The normalized spacial score (nSPS) is 10.7. The molecule has 4 nitrogen and oxygen atoms in total. The van der Waals surface area contributed by atoms with Gasteiger partial charge in [-0.1, -0.05) is 119 Å². The minimum absolute atomic E-state index is 0. The van der Waals surface area contributed by atoms with Crippen molar-refractivity contribution in [2.75, 3.05) is 11.9 Å². The summed E-state index contributed by atoms with van der Waals surface area (Å²) < 4.78 is 8.13. The Balaban J connectivity index is 0.00000507. The molecule has 3 aromatic rings. The van der Waals surface area contributed by atoms with Crippen LogP contribution in [0.3, 0.4) is 0 Å². The molecular weight excluding hydrogens is 580 g/mol. The predicted octanol–water partition coefficient (Wildman–Crippen LogP) is 6.07. The van der Waals surface area contributed by atoms with Crippen LogP contribution in [0.25, 0.3) is 0 Å². The number of halogens is 2. The summed E-state index contributed by atoms with van der Waals surface area (Å²) >= 11 is 8.08. The standard InChI is InChI=1S/C31H41ClN2O2S.BrH/c1-2-3-4-5-6-7-8-9-10-11-12-13-21-36-30-28(18-15-19-29(30)32)31(35)33-27-17-14-16-26(23-27)24-34-20-22-37-25-34;/h14-20,22-23,25H,2-13,21,24H2,1H3;1H. The highest BCUT2D eigenvalue weighted by molar-refractivity contribution is 7.07. The number of para-hydroxylation sites is 1. The van der Waals surface area contributed by atoms with Crippen LogP contribution >= 0.6 is 22.9 Å². The Labute approximate surface area is 248 Å². The zero-order valence-electron chi connectivity index (χ0n) is 22.6. The van der Waals surface area contributed by atoms with E-state index in [4.69, 9.17) is 16.3 Å². The van der Waals surface area contributed by atoms with Crippen LogP contribution in [0.5, 0.6) is 5.75 Å². The summed E-state index contributed by atoms with van der Waals surface area (Å²) in [5, 5.41) is 5.52. The third kappa shape index (κ3) is 11.9. The summed E-state index contributed by atoms with van der Waals surface area (Å²) in [7, 11) is 0. The van der Waals surface area contributed by atoms with E-state index in [2.05, 4.69) is 28.4 Å². The van der Waals surface area contributed by atoms with E-state index in [-0.39, 0.29) is 22.9 Å². The van der Waals surface area contributed by atoms with Gasteiger partial charge in [-0.25, -0.2) is 0 Å². The first-order valence-electron chi connectivity index (χ1n) is 13.9. The van der Waals surface area contributed by atoms with Crippen LogP contribution in [-0.2, 0) is 6.54 Å². The van der Waals surface area contributed by atoms with Gasteiger partial charge in [-0.2, -0.15) is 4.57 Å². The van der Waals surface area contributed by atoms with Gasteiger partial charge in [0.05, 0.1) is 22.6 Å². The summed E-state index contributed by atoms with van der Waals surface area (Å²) in [5.74, 6) is 0.252. The smallest absolute Gasteiger partial charge is 0.259 e. The van der Waals surface area contributed by atoms with Crippen LogP contribution in [-0.4, -0.2) is 12.5 Å². The maximum Gasteiger partial charge on any atom is 0.259 e. The second-order valence-corrected chi connectivity index (χ2v) is 10.9. The van der Waals surface area contributed by atoms with E-state index in [1.807, 2.05) is 29.8 Å². The Morgan fingerprint density at radius 2 is 1.58 bits per heavy atom. The van der Waals surface area contributed by atoms with Gasteiger partial charge in [0.2, 0.25) is 5.51 Å². The van der Waals surface area contributed by atoms with Crippen molar-refractivity contribution in [3.63, 3.8) is 0 Å². The summed E-state index contributed by atoms with van der Waals surface area (Å²) in [5.41, 5.74) is 4.40. The highest BCUT2D eigenvalue weighted by atomic mass is 79.9. The SMILES string of the molecule is CCCCCCCCCCCCCCOc1c(Cl)cccc1C(=O)Nc1cccc(C[n+]2ccsc2)c1.[Br-]. The summed E-state index contributed by atoms with van der Waals surface area (Å²) in [6.45, 7) is 3.59. The first-order chi connectivity index (χ1) is 18.2. The molecule has 0 bridgehead atoms. The number of aromatic nitrogens is 1. The number of ether oxygens (including phenoxy) is 1. The van der Waals surface area contributed by atoms with Gasteiger partial charge in [0.1, 0.15) is 0 Å². The highest BCUT2D eigenvalue weighted by Crippen LogP contribution is 2.30. The molecule has 7 heteroatoms. The summed E-state index contributed by atoms with van der Waals surface area (Å²) in [6, 6.07) is 13.2. The average molecular weight is 622 g/mol. The number of hydrogen-bond acceptors (Lipinski definition) is 3. The molecule has 0 saturated carbocycles. The van der Waals surface area contributed by atoms with E-state index in [0.29, 0.717) is 22.9 Å². The summed E-state index contributed by atoms with van der Waals surface area (Å²) in [4.78, 5) is 13.1. The molecule has 1 amide bonds. The number of nitrogens with zero attached hydrogens (tertiary/aromatic N) is 1. The van der Waals surface area contributed by atoms with Crippen molar-refractivity contribution in [2.24, 2.45) is 0 Å². The quantitative estimate of drug-likeness (QED) is 0.138. The van der Waals surface area contributed by atoms with Crippen LogP contribution < -0.4 is 31.6 Å². The molecular formula is C31H42BrClN2O2S. The molecule has 1 N–H and O–H groups in total. The molecule has 0 fully saturated rings. The van der Waals surface area contributed by atoms with Crippen LogP contribution in [0, 0.1) is 0 Å². The van der Waals surface area contributed by atoms with Crippen LogP contribution in [0.2, 0.25) is 5.02 Å². The number of rotatable bonds is 18. The Kier molecular flexibility index (Phi) is 16.3. The monoisotopic (exact) mass is 620 g/mol. The molecule has 0 aliphatic carbocycles. The van der Waals surface area contributed by atoms with E-state index in [9.17, 15) is 4.79 Å². The number of carbonyl (C=O) groups excluding carboxylic acids is 1. The van der Waals surface area contributed by atoms with Gasteiger partial charge < -0.3 is 27.0 Å². The number of amides is 1. The summed E-state index contributed by atoms with van der Waals surface area (Å²) in [6.07, 6.45) is 17.6. The third-order valence-corrected chi connectivity index (χ3v) is 7.50. The Hall–Kier alpha value is -1.89. The maximum atomic E-state index is 13.1. The topological polar surface area (TPSA) is 42.2 Å². The number of hydrogen-bond donors (Lipinski definition) is 1. The maximum absolute atomic E-state index is 13.1. The third-order valence-electron chi connectivity index (χ3n) is 6.53. The molecule has 0 atom stereocenters. The van der Waals surface area contributed by atoms with Gasteiger partial charge >= 0.3 is 0 Å². The second kappa shape index (κ2) is 19.2. The lowest BCUT2D eigenvalue weighted by molar-refractivity contribution is -0.683. The van der Waals surface area contributed by atoms with Crippen LogP contribution in [0.1, 0.15) is 99.9 Å². The number of unbranched alkanes of at least 4 members (excludes halogenated alkanes) is 11. The van der Waals surface area contributed by atoms with Gasteiger partial charge in [0, 0.05) is 11.3 Å². The second-order valence-electron chi connectivity index (χ2n) is 9.71. The largest absolute Gasteiger partial charge is 1.00 e. The van der Waals surface area contributed by atoms with Crippen molar-refractivity contribution in [2.45, 2.75) is 90.5 Å². The number of benzene rings is 2. The molecule has 1 aromatic heterocycles. The lowest BCUT2D eigenvalue weighted by Gasteiger charge is -2.13. The average Bonchev–Trinajstić information content (AvgIpc) is 3.40. The molecule has 3 rings (SSSR count). The van der Waals surface area contributed by atoms with Gasteiger partial charge in [-0.3, -0.25) is 4.79 Å². The van der Waals surface area contributed by atoms with Gasteiger partial charge in [-0.15, -0.1) is 0 Å². The fourth-order valence-electron chi connectivity index (χ4n) is 4.46. The molecule has 0 unspecified atom stereocenters. The highest BCUT2D eigenvalue weighted by Gasteiger charge is 2.16. The first kappa shape index (κ1) is 32.3. The first-order valence-corrected chi connectivity index (χ1v) is 15.2. The molecule has 208 valence electrons. The van der Waals surface area contributed by atoms with E-state index in [1.54, 1.807) is 29.5 Å². The zero-order chi connectivity index (χ0) is 26.1.